The highest BCUT2D eigenvalue weighted by Gasteiger charge is 2.27. The first-order valence-electron chi connectivity index (χ1n) is 6.20. The van der Waals surface area contributed by atoms with E-state index in [-0.39, 0.29) is 16.7 Å². The van der Waals surface area contributed by atoms with E-state index in [1.54, 1.807) is 6.20 Å². The Morgan fingerprint density at radius 3 is 3.00 bits per heavy atom. The molecule has 1 saturated heterocycles. The average molecular weight is 329 g/mol. The van der Waals surface area contributed by atoms with E-state index in [0.29, 0.717) is 10.3 Å². The van der Waals surface area contributed by atoms with Gasteiger partial charge >= 0.3 is 5.69 Å². The zero-order valence-electron chi connectivity index (χ0n) is 11.0. The van der Waals surface area contributed by atoms with E-state index in [2.05, 4.69) is 32.9 Å². The van der Waals surface area contributed by atoms with Gasteiger partial charge in [0.05, 0.1) is 4.92 Å². The highest BCUT2D eigenvalue weighted by atomic mass is 79.9. The van der Waals surface area contributed by atoms with Crippen molar-refractivity contribution >= 4 is 27.4 Å². The molecular formula is C12H17BrN4O2. The fraction of sp³-hybridized carbons (Fsp3) is 0.583. The Kier molecular flexibility index (Phi) is 4.36. The van der Waals surface area contributed by atoms with Crippen LogP contribution < -0.4 is 4.90 Å². The lowest BCUT2D eigenvalue weighted by atomic mass is 10.1. The molecule has 19 heavy (non-hydrogen) atoms. The van der Waals surface area contributed by atoms with Gasteiger partial charge in [0.1, 0.15) is 0 Å². The summed E-state index contributed by atoms with van der Waals surface area (Å²) in [6.07, 6.45) is 3.75. The summed E-state index contributed by atoms with van der Waals surface area (Å²) in [5.74, 6) is 0.438. The van der Waals surface area contributed by atoms with Crippen LogP contribution in [-0.2, 0) is 0 Å². The predicted molar refractivity (Wildman–Crippen MR) is 77.5 cm³/mol. The van der Waals surface area contributed by atoms with E-state index in [4.69, 9.17) is 0 Å². The van der Waals surface area contributed by atoms with Crippen molar-refractivity contribution < 1.29 is 4.92 Å². The van der Waals surface area contributed by atoms with Crippen LogP contribution in [0.1, 0.15) is 12.8 Å². The largest absolute Gasteiger partial charge is 0.350 e. The number of likely N-dealkylation sites (tertiary alicyclic amines) is 1. The highest BCUT2D eigenvalue weighted by molar-refractivity contribution is 9.10. The van der Waals surface area contributed by atoms with Crippen LogP contribution in [0.25, 0.3) is 0 Å². The molecule has 7 heteroatoms. The number of pyridine rings is 1. The Morgan fingerprint density at radius 1 is 1.63 bits per heavy atom. The van der Waals surface area contributed by atoms with Crippen molar-refractivity contribution in [2.24, 2.45) is 0 Å². The van der Waals surface area contributed by atoms with Gasteiger partial charge in [-0.1, -0.05) is 0 Å². The molecule has 1 unspecified atom stereocenters. The number of aromatic nitrogens is 1. The quantitative estimate of drug-likeness (QED) is 0.629. The SMILES string of the molecule is CN1CCCC(N(C)c2ncc(Br)cc2[N+](=O)[O-])C1. The second-order valence-electron chi connectivity index (χ2n) is 4.92. The summed E-state index contributed by atoms with van der Waals surface area (Å²) < 4.78 is 0.622. The van der Waals surface area contributed by atoms with E-state index >= 15 is 0 Å². The molecule has 0 bridgehead atoms. The van der Waals surface area contributed by atoms with E-state index in [0.717, 1.165) is 25.9 Å². The van der Waals surface area contributed by atoms with Crippen LogP contribution in [0.15, 0.2) is 16.7 Å². The first-order chi connectivity index (χ1) is 8.99. The average Bonchev–Trinajstić information content (AvgIpc) is 2.37. The molecule has 0 spiro atoms. The molecule has 2 heterocycles. The number of anilines is 1. The number of halogens is 1. The minimum absolute atomic E-state index is 0.0464. The number of likely N-dealkylation sites (N-methyl/N-ethyl adjacent to an activating group) is 2. The number of nitrogens with zero attached hydrogens (tertiary/aromatic N) is 4. The number of hydrogen-bond donors (Lipinski definition) is 0. The summed E-state index contributed by atoms with van der Waals surface area (Å²) >= 11 is 3.23. The zero-order chi connectivity index (χ0) is 14.0. The Bertz CT molecular complexity index is 483. The summed E-state index contributed by atoms with van der Waals surface area (Å²) in [7, 11) is 3.95. The molecule has 0 radical (unpaired) electrons. The first kappa shape index (κ1) is 14.2. The third-order valence-electron chi connectivity index (χ3n) is 3.49. The molecule has 0 aliphatic carbocycles. The summed E-state index contributed by atoms with van der Waals surface area (Å²) in [6, 6.07) is 1.77. The molecule has 104 valence electrons. The molecule has 0 amide bonds. The van der Waals surface area contributed by atoms with Gasteiger partial charge in [-0.2, -0.15) is 0 Å². The van der Waals surface area contributed by atoms with Crippen molar-refractivity contribution in [2.75, 3.05) is 32.1 Å². The van der Waals surface area contributed by atoms with Gasteiger partial charge < -0.3 is 9.80 Å². The van der Waals surface area contributed by atoms with Crippen LogP contribution in [0, 0.1) is 10.1 Å². The Morgan fingerprint density at radius 2 is 2.37 bits per heavy atom. The Hall–Kier alpha value is -1.21. The molecule has 0 N–H and O–H groups in total. The Balaban J connectivity index is 2.27. The summed E-state index contributed by atoms with van der Waals surface area (Å²) in [4.78, 5) is 19.1. The summed E-state index contributed by atoms with van der Waals surface area (Å²) in [5.41, 5.74) is 0.0464. The lowest BCUT2D eigenvalue weighted by molar-refractivity contribution is -0.384. The van der Waals surface area contributed by atoms with Gasteiger partial charge in [0, 0.05) is 36.4 Å². The standard InChI is InChI=1S/C12H17BrN4O2/c1-15-5-3-4-10(8-15)16(2)12-11(17(18)19)6-9(13)7-14-12/h6-7,10H,3-5,8H2,1-2H3. The van der Waals surface area contributed by atoms with Gasteiger partial charge in [-0.05, 0) is 42.4 Å². The smallest absolute Gasteiger partial charge is 0.312 e. The van der Waals surface area contributed by atoms with Gasteiger partial charge in [-0.3, -0.25) is 10.1 Å². The number of nitro groups is 1. The topological polar surface area (TPSA) is 62.5 Å². The summed E-state index contributed by atoms with van der Waals surface area (Å²) in [6.45, 7) is 1.99. The monoisotopic (exact) mass is 328 g/mol. The van der Waals surface area contributed by atoms with Gasteiger partial charge in [0.25, 0.3) is 0 Å². The van der Waals surface area contributed by atoms with E-state index in [1.165, 1.54) is 6.07 Å². The van der Waals surface area contributed by atoms with Crippen LogP contribution in [-0.4, -0.2) is 48.0 Å². The van der Waals surface area contributed by atoms with Crippen molar-refractivity contribution in [3.05, 3.63) is 26.9 Å². The highest BCUT2D eigenvalue weighted by Crippen LogP contribution is 2.30. The third-order valence-corrected chi connectivity index (χ3v) is 3.93. The van der Waals surface area contributed by atoms with Gasteiger partial charge in [0.2, 0.25) is 5.82 Å². The number of piperidine rings is 1. The Labute approximate surface area is 120 Å². The third kappa shape index (κ3) is 3.22. The van der Waals surface area contributed by atoms with E-state index in [9.17, 15) is 10.1 Å². The number of rotatable bonds is 3. The van der Waals surface area contributed by atoms with Crippen molar-refractivity contribution in [3.8, 4) is 0 Å². The predicted octanol–water partition coefficient (Wildman–Crippen LogP) is 2.28. The van der Waals surface area contributed by atoms with Crippen LogP contribution in [0.2, 0.25) is 0 Å². The molecule has 1 fully saturated rings. The molecule has 6 nitrogen and oxygen atoms in total. The molecule has 1 aromatic rings. The fourth-order valence-electron chi connectivity index (χ4n) is 2.46. The maximum atomic E-state index is 11.1. The van der Waals surface area contributed by atoms with Crippen LogP contribution in [0.4, 0.5) is 11.5 Å². The first-order valence-corrected chi connectivity index (χ1v) is 6.99. The minimum Gasteiger partial charge on any atom is -0.350 e. The second-order valence-corrected chi connectivity index (χ2v) is 5.84. The van der Waals surface area contributed by atoms with Gasteiger partial charge in [0.15, 0.2) is 0 Å². The van der Waals surface area contributed by atoms with Crippen molar-refractivity contribution in [1.82, 2.24) is 9.88 Å². The fourth-order valence-corrected chi connectivity index (χ4v) is 2.77. The minimum atomic E-state index is -0.379. The molecule has 1 aliphatic rings. The second kappa shape index (κ2) is 5.83. The maximum Gasteiger partial charge on any atom is 0.312 e. The van der Waals surface area contributed by atoms with Gasteiger partial charge in [-0.15, -0.1) is 0 Å². The number of hydrogen-bond acceptors (Lipinski definition) is 5. The normalized spacial score (nSPS) is 20.3. The maximum absolute atomic E-state index is 11.1. The molecule has 1 aliphatic heterocycles. The van der Waals surface area contributed by atoms with Gasteiger partial charge in [-0.25, -0.2) is 4.98 Å². The van der Waals surface area contributed by atoms with Crippen LogP contribution >= 0.6 is 15.9 Å². The van der Waals surface area contributed by atoms with Crippen LogP contribution in [0.5, 0.6) is 0 Å². The van der Waals surface area contributed by atoms with E-state index in [1.807, 2.05) is 11.9 Å². The zero-order valence-corrected chi connectivity index (χ0v) is 12.6. The lowest BCUT2D eigenvalue weighted by Gasteiger charge is -2.36. The lowest BCUT2D eigenvalue weighted by Crippen LogP contribution is -2.45. The van der Waals surface area contributed by atoms with Crippen LogP contribution in [0.3, 0.4) is 0 Å². The molecule has 0 saturated carbocycles. The molecule has 2 rings (SSSR count). The molecular weight excluding hydrogens is 312 g/mol. The molecule has 0 aromatic carbocycles. The van der Waals surface area contributed by atoms with E-state index < -0.39 is 0 Å². The molecule has 1 aromatic heterocycles. The van der Waals surface area contributed by atoms with Crippen molar-refractivity contribution in [3.63, 3.8) is 0 Å². The summed E-state index contributed by atoms with van der Waals surface area (Å²) in [5, 5.41) is 11.1. The van der Waals surface area contributed by atoms with Crippen molar-refractivity contribution in [1.29, 1.82) is 0 Å². The van der Waals surface area contributed by atoms with Crippen molar-refractivity contribution in [2.45, 2.75) is 18.9 Å². The molecule has 1 atom stereocenters.